The molecule has 2 N–H and O–H groups in total. The molecule has 2 amide bonds. The van der Waals surface area contributed by atoms with Crippen molar-refractivity contribution < 1.29 is 14.3 Å². The van der Waals surface area contributed by atoms with Gasteiger partial charge in [-0.25, -0.2) is 9.18 Å². The maximum absolute atomic E-state index is 13.5. The average molecular weight is 522 g/mol. The molecule has 0 aromatic heterocycles. The molecule has 5 nitrogen and oxygen atoms in total. The van der Waals surface area contributed by atoms with Gasteiger partial charge in [-0.1, -0.05) is 41.9 Å². The summed E-state index contributed by atoms with van der Waals surface area (Å²) in [4.78, 5) is 17.3. The van der Waals surface area contributed by atoms with Gasteiger partial charge in [0.15, 0.2) is 0 Å². The van der Waals surface area contributed by atoms with Crippen LogP contribution in [0, 0.1) is 5.82 Å². The number of rotatable bonds is 5. The van der Waals surface area contributed by atoms with Crippen molar-refractivity contribution in [2.75, 3.05) is 20.1 Å². The fourth-order valence-electron chi connectivity index (χ4n) is 5.98. The van der Waals surface area contributed by atoms with Crippen molar-refractivity contribution in [2.24, 2.45) is 0 Å². The number of hydrogen-bond acceptors (Lipinski definition) is 3. The Balaban J connectivity index is 1.53. The molecule has 3 aromatic rings. The number of likely N-dealkylation sites (N-methyl/N-ethyl adjacent to an activating group) is 1. The third-order valence-corrected chi connectivity index (χ3v) is 8.13. The van der Waals surface area contributed by atoms with Crippen LogP contribution in [0.4, 0.5) is 9.18 Å². The summed E-state index contributed by atoms with van der Waals surface area (Å²) in [6.07, 6.45) is 2.80. The van der Waals surface area contributed by atoms with Gasteiger partial charge < -0.3 is 20.2 Å². The topological polar surface area (TPSA) is 55.8 Å². The van der Waals surface area contributed by atoms with Crippen molar-refractivity contribution in [2.45, 2.75) is 51.2 Å². The lowest BCUT2D eigenvalue weighted by molar-refractivity contribution is 0.192. The quantitative estimate of drug-likeness (QED) is 0.443. The first-order valence-corrected chi connectivity index (χ1v) is 13.3. The molecule has 1 aliphatic heterocycles. The summed E-state index contributed by atoms with van der Waals surface area (Å²) in [6, 6.07) is 16.6. The highest BCUT2D eigenvalue weighted by molar-refractivity contribution is 6.32. The molecule has 37 heavy (non-hydrogen) atoms. The number of aromatic hydroxyl groups is 1. The highest BCUT2D eigenvalue weighted by Crippen LogP contribution is 2.45. The van der Waals surface area contributed by atoms with Crippen LogP contribution in [0.5, 0.6) is 5.75 Å². The number of phenols is 1. The molecule has 0 saturated heterocycles. The number of amides is 2. The maximum Gasteiger partial charge on any atom is 0.317 e. The molecular formula is C30H33ClFN3O2. The van der Waals surface area contributed by atoms with Crippen LogP contribution in [0.25, 0.3) is 0 Å². The molecule has 7 heteroatoms. The zero-order chi connectivity index (χ0) is 26.1. The third-order valence-electron chi connectivity index (χ3n) is 7.83. The number of nitrogens with zero attached hydrogens (tertiary/aromatic N) is 2. The first-order chi connectivity index (χ1) is 17.9. The molecular weight excluding hydrogens is 489 g/mol. The standard InChI is InChI=1S/C30H33ClFN3O2/c1-3-33-30(37)35(17-19-7-9-22(32)10-8-19)18-21-5-4-6-24-23(21)11-12-27-29(24)25-16-28(36)26(31)15-20(25)13-14-34(27)2/h4-10,15-16,27,29,36H,3,11-14,17-18H2,1-2H3,(H,33,37). The van der Waals surface area contributed by atoms with Crippen molar-refractivity contribution in [1.82, 2.24) is 15.1 Å². The highest BCUT2D eigenvalue weighted by atomic mass is 35.5. The first kappa shape index (κ1) is 25.6. The third kappa shape index (κ3) is 5.18. The Morgan fingerprint density at radius 1 is 1.14 bits per heavy atom. The molecule has 0 fully saturated rings. The summed E-state index contributed by atoms with van der Waals surface area (Å²) in [5.74, 6) is -0.0564. The average Bonchev–Trinajstić information content (AvgIpc) is 3.02. The van der Waals surface area contributed by atoms with Crippen LogP contribution >= 0.6 is 11.6 Å². The van der Waals surface area contributed by atoms with E-state index in [0.29, 0.717) is 30.7 Å². The number of carbonyl (C=O) groups excluding carboxylic acids is 1. The van der Waals surface area contributed by atoms with Gasteiger partial charge in [-0.05, 0) is 90.9 Å². The monoisotopic (exact) mass is 521 g/mol. The van der Waals surface area contributed by atoms with Gasteiger partial charge in [-0.3, -0.25) is 0 Å². The summed E-state index contributed by atoms with van der Waals surface area (Å²) < 4.78 is 13.5. The largest absolute Gasteiger partial charge is 0.506 e. The van der Waals surface area contributed by atoms with Crippen LogP contribution in [0.15, 0.2) is 54.6 Å². The molecule has 0 radical (unpaired) electrons. The van der Waals surface area contributed by atoms with E-state index in [-0.39, 0.29) is 23.5 Å². The Kier molecular flexibility index (Phi) is 7.40. The minimum absolute atomic E-state index is 0.115. The molecule has 3 aromatic carbocycles. The van der Waals surface area contributed by atoms with Crippen LogP contribution < -0.4 is 5.32 Å². The number of carbonyl (C=O) groups is 1. The van der Waals surface area contributed by atoms with Crippen LogP contribution in [0.2, 0.25) is 5.02 Å². The number of benzene rings is 3. The number of urea groups is 1. The van der Waals surface area contributed by atoms with Gasteiger partial charge in [0.1, 0.15) is 11.6 Å². The highest BCUT2D eigenvalue weighted by Gasteiger charge is 2.37. The number of fused-ring (bicyclic) bond motifs is 5. The van der Waals surface area contributed by atoms with Crippen molar-refractivity contribution in [3.63, 3.8) is 0 Å². The van der Waals surface area contributed by atoms with Gasteiger partial charge in [0, 0.05) is 38.1 Å². The van der Waals surface area contributed by atoms with E-state index in [1.807, 2.05) is 19.1 Å². The summed E-state index contributed by atoms with van der Waals surface area (Å²) in [6.45, 7) is 4.22. The van der Waals surface area contributed by atoms with Crippen LogP contribution in [-0.2, 0) is 25.9 Å². The smallest absolute Gasteiger partial charge is 0.317 e. The summed E-state index contributed by atoms with van der Waals surface area (Å²) in [5.41, 5.74) is 6.85. The Bertz CT molecular complexity index is 1300. The molecule has 1 aliphatic carbocycles. The van der Waals surface area contributed by atoms with Gasteiger partial charge >= 0.3 is 6.03 Å². The fourth-order valence-corrected chi connectivity index (χ4v) is 6.17. The summed E-state index contributed by atoms with van der Waals surface area (Å²) >= 11 is 6.30. The van der Waals surface area contributed by atoms with Crippen LogP contribution in [0.3, 0.4) is 0 Å². The lowest BCUT2D eigenvalue weighted by atomic mass is 9.73. The molecule has 5 rings (SSSR count). The SMILES string of the molecule is CCNC(=O)N(Cc1ccc(F)cc1)Cc1cccc2c1CCC1C2c2cc(O)c(Cl)cc2CCN1C. The zero-order valence-corrected chi connectivity index (χ0v) is 22.1. The molecule has 0 spiro atoms. The normalized spacial score (nSPS) is 18.8. The van der Waals surface area contributed by atoms with E-state index in [9.17, 15) is 14.3 Å². The summed E-state index contributed by atoms with van der Waals surface area (Å²) in [7, 11) is 2.18. The second kappa shape index (κ2) is 10.7. The number of halogens is 2. The first-order valence-electron chi connectivity index (χ1n) is 12.9. The second-order valence-corrected chi connectivity index (χ2v) is 10.5. The van der Waals surface area contributed by atoms with Gasteiger partial charge in [0.2, 0.25) is 0 Å². The fraction of sp³-hybridized carbons (Fsp3) is 0.367. The van der Waals surface area contributed by atoms with E-state index >= 15 is 0 Å². The van der Waals surface area contributed by atoms with Crippen molar-refractivity contribution in [3.8, 4) is 5.75 Å². The Hall–Kier alpha value is -3.09. The van der Waals surface area contributed by atoms with E-state index in [0.717, 1.165) is 42.5 Å². The predicted octanol–water partition coefficient (Wildman–Crippen LogP) is 5.85. The molecule has 2 aliphatic rings. The number of hydrogen-bond donors (Lipinski definition) is 2. The zero-order valence-electron chi connectivity index (χ0n) is 21.3. The van der Waals surface area contributed by atoms with Gasteiger partial charge in [0.25, 0.3) is 0 Å². The van der Waals surface area contributed by atoms with E-state index in [1.54, 1.807) is 17.0 Å². The Morgan fingerprint density at radius 3 is 2.68 bits per heavy atom. The molecule has 2 atom stereocenters. The molecule has 2 unspecified atom stereocenters. The van der Waals surface area contributed by atoms with Gasteiger partial charge in [0.05, 0.1) is 5.02 Å². The van der Waals surface area contributed by atoms with Crippen LogP contribution in [0.1, 0.15) is 52.6 Å². The lowest BCUT2D eigenvalue weighted by Gasteiger charge is -2.39. The van der Waals surface area contributed by atoms with E-state index in [1.165, 1.54) is 28.8 Å². The number of phenolic OH excluding ortho intramolecular Hbond substituents is 1. The maximum atomic E-state index is 13.5. The van der Waals surface area contributed by atoms with Crippen molar-refractivity contribution in [3.05, 3.63) is 98.8 Å². The minimum atomic E-state index is -0.291. The van der Waals surface area contributed by atoms with E-state index in [2.05, 4.69) is 35.5 Å². The Labute approximate surface area is 222 Å². The summed E-state index contributed by atoms with van der Waals surface area (Å²) in [5, 5.41) is 13.8. The minimum Gasteiger partial charge on any atom is -0.506 e. The number of nitrogens with one attached hydrogen (secondary N) is 1. The van der Waals surface area contributed by atoms with Gasteiger partial charge in [-0.15, -0.1) is 0 Å². The Morgan fingerprint density at radius 2 is 1.92 bits per heavy atom. The molecule has 194 valence electrons. The van der Waals surface area contributed by atoms with E-state index in [4.69, 9.17) is 11.6 Å². The van der Waals surface area contributed by atoms with Gasteiger partial charge in [-0.2, -0.15) is 0 Å². The van der Waals surface area contributed by atoms with Crippen molar-refractivity contribution in [1.29, 1.82) is 0 Å². The van der Waals surface area contributed by atoms with E-state index < -0.39 is 0 Å². The molecule has 0 bridgehead atoms. The predicted molar refractivity (Wildman–Crippen MR) is 145 cm³/mol. The second-order valence-electron chi connectivity index (χ2n) is 10.1. The molecule has 0 saturated carbocycles. The van der Waals surface area contributed by atoms with Crippen molar-refractivity contribution >= 4 is 17.6 Å². The van der Waals surface area contributed by atoms with Crippen LogP contribution in [-0.4, -0.2) is 47.1 Å². The molecule has 1 heterocycles. The lowest BCUT2D eigenvalue weighted by Crippen LogP contribution is -2.41.